The Morgan fingerprint density at radius 1 is 1.19 bits per heavy atom. The van der Waals surface area contributed by atoms with Crippen LogP contribution in [0.5, 0.6) is 0 Å². The molecule has 0 spiro atoms. The molecule has 136 valence electrons. The molecule has 4 rings (SSSR count). The number of carbonyl (C=O) groups is 1. The summed E-state index contributed by atoms with van der Waals surface area (Å²) in [7, 11) is 0. The molecule has 3 heterocycles. The SMILES string of the molecule is CC1=C(C(=O)OCc2ccccc2)C(c2cccnc2)n2nc(C)nc2N1. The van der Waals surface area contributed by atoms with E-state index in [-0.39, 0.29) is 6.61 Å². The van der Waals surface area contributed by atoms with Crippen LogP contribution < -0.4 is 5.32 Å². The van der Waals surface area contributed by atoms with Crippen molar-refractivity contribution in [3.63, 3.8) is 0 Å². The lowest BCUT2D eigenvalue weighted by atomic mass is 9.97. The van der Waals surface area contributed by atoms with E-state index in [1.807, 2.05) is 56.3 Å². The molecule has 27 heavy (non-hydrogen) atoms. The van der Waals surface area contributed by atoms with Gasteiger partial charge in [0.25, 0.3) is 0 Å². The van der Waals surface area contributed by atoms with Gasteiger partial charge < -0.3 is 10.1 Å². The van der Waals surface area contributed by atoms with Crippen LogP contribution >= 0.6 is 0 Å². The fourth-order valence-corrected chi connectivity index (χ4v) is 3.17. The number of hydrogen-bond donors (Lipinski definition) is 1. The first-order chi connectivity index (χ1) is 13.1. The summed E-state index contributed by atoms with van der Waals surface area (Å²) >= 11 is 0. The number of benzene rings is 1. The van der Waals surface area contributed by atoms with E-state index in [0.717, 1.165) is 11.1 Å². The van der Waals surface area contributed by atoms with E-state index >= 15 is 0 Å². The molecule has 7 nitrogen and oxygen atoms in total. The Balaban J connectivity index is 1.69. The number of aromatic nitrogens is 4. The summed E-state index contributed by atoms with van der Waals surface area (Å²) in [4.78, 5) is 21.6. The van der Waals surface area contributed by atoms with Crippen LogP contribution in [0.25, 0.3) is 0 Å². The van der Waals surface area contributed by atoms with Crippen LogP contribution in [-0.4, -0.2) is 25.7 Å². The molecule has 0 radical (unpaired) electrons. The van der Waals surface area contributed by atoms with Crippen molar-refractivity contribution in [2.45, 2.75) is 26.5 Å². The van der Waals surface area contributed by atoms with Crippen molar-refractivity contribution in [1.29, 1.82) is 0 Å². The number of ether oxygens (including phenoxy) is 1. The van der Waals surface area contributed by atoms with Gasteiger partial charge in [-0.1, -0.05) is 36.4 Å². The zero-order valence-electron chi connectivity index (χ0n) is 15.1. The number of pyridine rings is 1. The van der Waals surface area contributed by atoms with Crippen molar-refractivity contribution >= 4 is 11.9 Å². The maximum Gasteiger partial charge on any atom is 0.338 e. The van der Waals surface area contributed by atoms with Gasteiger partial charge in [0.05, 0.1) is 5.57 Å². The van der Waals surface area contributed by atoms with Gasteiger partial charge in [-0.3, -0.25) is 4.98 Å². The largest absolute Gasteiger partial charge is 0.457 e. The quantitative estimate of drug-likeness (QED) is 0.720. The average molecular weight is 361 g/mol. The first-order valence-electron chi connectivity index (χ1n) is 8.65. The molecular weight excluding hydrogens is 342 g/mol. The number of anilines is 1. The minimum Gasteiger partial charge on any atom is -0.457 e. The van der Waals surface area contributed by atoms with Crippen LogP contribution in [0.15, 0.2) is 66.1 Å². The smallest absolute Gasteiger partial charge is 0.338 e. The maximum absolute atomic E-state index is 13.0. The summed E-state index contributed by atoms with van der Waals surface area (Å²) in [5.74, 6) is 0.827. The minimum atomic E-state index is -0.445. The third-order valence-electron chi connectivity index (χ3n) is 4.39. The third kappa shape index (κ3) is 3.31. The molecule has 1 N–H and O–H groups in total. The van der Waals surface area contributed by atoms with Crippen LogP contribution in [0, 0.1) is 6.92 Å². The van der Waals surface area contributed by atoms with Crippen LogP contribution in [-0.2, 0) is 16.1 Å². The highest BCUT2D eigenvalue weighted by molar-refractivity contribution is 5.92. The molecule has 1 aliphatic rings. The molecule has 1 unspecified atom stereocenters. The number of rotatable bonds is 4. The second kappa shape index (κ2) is 7.03. The highest BCUT2D eigenvalue weighted by atomic mass is 16.5. The van der Waals surface area contributed by atoms with Gasteiger partial charge in [0.15, 0.2) is 0 Å². The number of nitrogens with zero attached hydrogens (tertiary/aromatic N) is 4. The van der Waals surface area contributed by atoms with Crippen LogP contribution in [0.3, 0.4) is 0 Å². The highest BCUT2D eigenvalue weighted by Crippen LogP contribution is 2.35. The second-order valence-corrected chi connectivity index (χ2v) is 6.34. The van der Waals surface area contributed by atoms with Gasteiger partial charge in [0.1, 0.15) is 18.5 Å². The molecule has 1 aromatic carbocycles. The zero-order chi connectivity index (χ0) is 18.8. The molecule has 1 aliphatic heterocycles. The maximum atomic E-state index is 13.0. The molecule has 0 saturated carbocycles. The van der Waals surface area contributed by atoms with Gasteiger partial charge in [-0.25, -0.2) is 9.48 Å². The molecule has 0 saturated heterocycles. The molecular formula is C20H19N5O2. The van der Waals surface area contributed by atoms with Crippen molar-refractivity contribution in [2.75, 3.05) is 5.32 Å². The molecule has 0 fully saturated rings. The number of carbonyl (C=O) groups excluding carboxylic acids is 1. The van der Waals surface area contributed by atoms with E-state index in [4.69, 9.17) is 4.74 Å². The number of allylic oxidation sites excluding steroid dienone is 1. The average Bonchev–Trinajstić information content (AvgIpc) is 3.06. The van der Waals surface area contributed by atoms with Crippen LogP contribution in [0.4, 0.5) is 5.95 Å². The molecule has 0 aliphatic carbocycles. The lowest BCUT2D eigenvalue weighted by molar-refractivity contribution is -0.140. The first kappa shape index (κ1) is 17.0. The van der Waals surface area contributed by atoms with Crippen molar-refractivity contribution in [2.24, 2.45) is 0 Å². The summed E-state index contributed by atoms with van der Waals surface area (Å²) in [6, 6.07) is 12.9. The van der Waals surface area contributed by atoms with Gasteiger partial charge in [-0.15, -0.1) is 0 Å². The fraction of sp³-hybridized carbons (Fsp3) is 0.200. The minimum absolute atomic E-state index is 0.208. The van der Waals surface area contributed by atoms with E-state index in [9.17, 15) is 4.79 Å². The standard InChI is InChI=1S/C20H19N5O2/c1-13-17(19(26)27-12-15-7-4-3-5-8-15)18(16-9-6-10-21-11-16)25-20(22-13)23-14(2)24-25/h3-11,18H,12H2,1-2H3,(H,22,23,24). The number of hydrogen-bond acceptors (Lipinski definition) is 6. The lowest BCUT2D eigenvalue weighted by Crippen LogP contribution is -2.29. The molecule has 7 heteroatoms. The molecule has 2 aromatic heterocycles. The number of fused-ring (bicyclic) bond motifs is 1. The topological polar surface area (TPSA) is 81.9 Å². The Labute approximate surface area is 156 Å². The number of nitrogens with one attached hydrogen (secondary N) is 1. The van der Waals surface area contributed by atoms with E-state index < -0.39 is 12.0 Å². The predicted octanol–water partition coefficient (Wildman–Crippen LogP) is 3.01. The van der Waals surface area contributed by atoms with Gasteiger partial charge in [0, 0.05) is 18.1 Å². The highest BCUT2D eigenvalue weighted by Gasteiger charge is 2.35. The summed E-state index contributed by atoms with van der Waals surface area (Å²) < 4.78 is 7.30. The monoisotopic (exact) mass is 361 g/mol. The number of esters is 1. The van der Waals surface area contributed by atoms with Crippen molar-refractivity contribution in [1.82, 2.24) is 19.7 Å². The van der Waals surface area contributed by atoms with Gasteiger partial charge in [0.2, 0.25) is 5.95 Å². The Kier molecular flexibility index (Phi) is 4.42. The normalized spacial score (nSPS) is 15.9. The summed E-state index contributed by atoms with van der Waals surface area (Å²) in [5, 5.41) is 7.63. The van der Waals surface area contributed by atoms with Crippen LogP contribution in [0.2, 0.25) is 0 Å². The number of aryl methyl sites for hydroxylation is 1. The van der Waals surface area contributed by atoms with Crippen molar-refractivity contribution in [3.8, 4) is 0 Å². The summed E-state index contributed by atoms with van der Waals surface area (Å²) in [6.45, 7) is 3.87. The predicted molar refractivity (Wildman–Crippen MR) is 99.7 cm³/mol. The Hall–Kier alpha value is -3.48. The van der Waals surface area contributed by atoms with Crippen molar-refractivity contribution in [3.05, 3.63) is 83.1 Å². The van der Waals surface area contributed by atoms with E-state index in [2.05, 4.69) is 20.4 Å². The summed E-state index contributed by atoms with van der Waals surface area (Å²) in [5.41, 5.74) is 2.97. The molecule has 1 atom stereocenters. The first-order valence-corrected chi connectivity index (χ1v) is 8.65. The molecule has 3 aromatic rings. The Morgan fingerprint density at radius 3 is 2.74 bits per heavy atom. The zero-order valence-corrected chi connectivity index (χ0v) is 15.1. The molecule has 0 bridgehead atoms. The van der Waals surface area contributed by atoms with Gasteiger partial charge in [-0.05, 0) is 31.0 Å². The Morgan fingerprint density at radius 2 is 2.00 bits per heavy atom. The summed E-state index contributed by atoms with van der Waals surface area (Å²) in [6.07, 6.45) is 3.43. The second-order valence-electron chi connectivity index (χ2n) is 6.34. The van der Waals surface area contributed by atoms with Gasteiger partial charge in [-0.2, -0.15) is 10.1 Å². The Bertz CT molecular complexity index is 996. The van der Waals surface area contributed by atoms with Crippen molar-refractivity contribution < 1.29 is 9.53 Å². The molecule has 0 amide bonds. The van der Waals surface area contributed by atoms with Crippen LogP contribution in [0.1, 0.15) is 29.9 Å². The third-order valence-corrected chi connectivity index (χ3v) is 4.39. The fourth-order valence-electron chi connectivity index (χ4n) is 3.17. The van der Waals surface area contributed by atoms with Gasteiger partial charge >= 0.3 is 5.97 Å². The van der Waals surface area contributed by atoms with E-state index in [1.165, 1.54) is 0 Å². The van der Waals surface area contributed by atoms with E-state index in [0.29, 0.717) is 23.0 Å². The van der Waals surface area contributed by atoms with E-state index in [1.54, 1.807) is 17.1 Å². The lowest BCUT2D eigenvalue weighted by Gasteiger charge is -2.27.